The van der Waals surface area contributed by atoms with E-state index >= 15 is 0 Å². The maximum absolute atomic E-state index is 3.49. The lowest BCUT2D eigenvalue weighted by Gasteiger charge is -2.18. The van der Waals surface area contributed by atoms with Crippen molar-refractivity contribution >= 4 is 5.70 Å². The second kappa shape index (κ2) is 2.63. The molecule has 1 aromatic carbocycles. The predicted molar refractivity (Wildman–Crippen MR) is 54.3 cm³/mol. The van der Waals surface area contributed by atoms with Gasteiger partial charge in [0.15, 0.2) is 0 Å². The third-order valence-electron chi connectivity index (χ3n) is 3.06. The molecule has 1 heterocycles. The van der Waals surface area contributed by atoms with Crippen LogP contribution in [0.3, 0.4) is 0 Å². The molecule has 0 bridgehead atoms. The molecule has 0 atom stereocenters. The number of rotatable bonds is 0. The lowest BCUT2D eigenvalue weighted by Crippen LogP contribution is -2.10. The summed E-state index contributed by atoms with van der Waals surface area (Å²) in [6.45, 7) is 1.14. The van der Waals surface area contributed by atoms with Gasteiger partial charge in [-0.3, -0.25) is 0 Å². The quantitative estimate of drug-likeness (QED) is 0.631. The molecular weight excluding hydrogens is 158 g/mol. The summed E-state index contributed by atoms with van der Waals surface area (Å²) in [7, 11) is 0. The van der Waals surface area contributed by atoms with Gasteiger partial charge in [0.2, 0.25) is 0 Å². The predicted octanol–water partition coefficient (Wildman–Crippen LogP) is 2.34. The number of benzene rings is 1. The Morgan fingerprint density at radius 3 is 2.92 bits per heavy atom. The topological polar surface area (TPSA) is 12.0 Å². The van der Waals surface area contributed by atoms with E-state index in [1.54, 1.807) is 5.57 Å². The Balaban J connectivity index is 2.18. The Labute approximate surface area is 78.5 Å². The number of fused-ring (bicyclic) bond motifs is 2. The van der Waals surface area contributed by atoms with Crippen molar-refractivity contribution < 1.29 is 0 Å². The van der Waals surface area contributed by atoms with E-state index in [9.17, 15) is 0 Å². The fourth-order valence-corrected chi connectivity index (χ4v) is 2.39. The molecule has 0 fully saturated rings. The zero-order valence-corrected chi connectivity index (χ0v) is 7.64. The Morgan fingerprint density at radius 1 is 1.00 bits per heavy atom. The fraction of sp³-hybridized carbons (Fsp3) is 0.333. The molecule has 13 heavy (non-hydrogen) atoms. The average Bonchev–Trinajstić information content (AvgIpc) is 2.65. The van der Waals surface area contributed by atoms with Crippen LogP contribution in [-0.4, -0.2) is 6.54 Å². The van der Waals surface area contributed by atoms with Gasteiger partial charge < -0.3 is 5.32 Å². The first-order chi connectivity index (χ1) is 6.45. The Morgan fingerprint density at radius 2 is 1.92 bits per heavy atom. The fourth-order valence-electron chi connectivity index (χ4n) is 2.39. The Bertz CT molecular complexity index is 376. The number of nitrogens with one attached hydrogen (secondary N) is 1. The van der Waals surface area contributed by atoms with E-state index < -0.39 is 0 Å². The van der Waals surface area contributed by atoms with Crippen molar-refractivity contribution in [2.45, 2.75) is 19.3 Å². The van der Waals surface area contributed by atoms with Gasteiger partial charge in [0, 0.05) is 17.8 Å². The van der Waals surface area contributed by atoms with Gasteiger partial charge in [-0.15, -0.1) is 0 Å². The zero-order chi connectivity index (χ0) is 8.67. The van der Waals surface area contributed by atoms with E-state index in [-0.39, 0.29) is 0 Å². The van der Waals surface area contributed by atoms with Gasteiger partial charge in [-0.1, -0.05) is 24.3 Å². The van der Waals surface area contributed by atoms with Crippen LogP contribution in [0, 0.1) is 0 Å². The summed E-state index contributed by atoms with van der Waals surface area (Å²) in [4.78, 5) is 0. The molecular formula is C12H13N. The molecule has 0 saturated heterocycles. The van der Waals surface area contributed by atoms with Gasteiger partial charge in [-0.05, 0) is 30.4 Å². The molecule has 1 heteroatoms. The third-order valence-corrected chi connectivity index (χ3v) is 3.06. The lowest BCUT2D eigenvalue weighted by molar-refractivity contribution is 0.864. The number of hydrogen-bond donors (Lipinski definition) is 1. The second-order valence-corrected chi connectivity index (χ2v) is 3.81. The summed E-state index contributed by atoms with van der Waals surface area (Å²) < 4.78 is 0. The molecule has 0 spiro atoms. The summed E-state index contributed by atoms with van der Waals surface area (Å²) in [5.74, 6) is 0. The molecule has 1 nitrogen and oxygen atoms in total. The zero-order valence-electron chi connectivity index (χ0n) is 7.64. The highest BCUT2D eigenvalue weighted by Crippen LogP contribution is 2.33. The SMILES string of the molecule is c1ccc2c(c1)CCC1=C2NCC1. The molecule has 3 rings (SSSR count). The number of aryl methyl sites for hydroxylation is 1. The van der Waals surface area contributed by atoms with E-state index in [1.165, 1.54) is 36.1 Å². The maximum Gasteiger partial charge on any atom is 0.0409 e. The van der Waals surface area contributed by atoms with Crippen molar-refractivity contribution in [3.05, 3.63) is 41.0 Å². The van der Waals surface area contributed by atoms with Gasteiger partial charge in [-0.25, -0.2) is 0 Å². The molecule has 1 aromatic rings. The highest BCUT2D eigenvalue weighted by molar-refractivity contribution is 5.73. The molecule has 0 amide bonds. The lowest BCUT2D eigenvalue weighted by atomic mass is 9.90. The molecule has 1 N–H and O–H groups in total. The maximum atomic E-state index is 3.49. The van der Waals surface area contributed by atoms with Crippen LogP contribution < -0.4 is 5.32 Å². The van der Waals surface area contributed by atoms with Gasteiger partial charge >= 0.3 is 0 Å². The van der Waals surface area contributed by atoms with Crippen LogP contribution in [-0.2, 0) is 6.42 Å². The second-order valence-electron chi connectivity index (χ2n) is 3.81. The molecule has 0 radical (unpaired) electrons. The van der Waals surface area contributed by atoms with Crippen LogP contribution in [0.5, 0.6) is 0 Å². The highest BCUT2D eigenvalue weighted by atomic mass is 14.9. The largest absolute Gasteiger partial charge is 0.384 e. The van der Waals surface area contributed by atoms with E-state index in [4.69, 9.17) is 0 Å². The highest BCUT2D eigenvalue weighted by Gasteiger charge is 2.21. The van der Waals surface area contributed by atoms with E-state index in [0.29, 0.717) is 0 Å². The smallest absolute Gasteiger partial charge is 0.0409 e. The third kappa shape index (κ3) is 0.998. The van der Waals surface area contributed by atoms with Crippen molar-refractivity contribution in [1.29, 1.82) is 0 Å². The molecule has 0 unspecified atom stereocenters. The summed E-state index contributed by atoms with van der Waals surface area (Å²) in [5, 5.41) is 3.49. The first kappa shape index (κ1) is 7.19. The molecule has 0 aromatic heterocycles. The van der Waals surface area contributed by atoms with Crippen LogP contribution >= 0.6 is 0 Å². The number of hydrogen-bond acceptors (Lipinski definition) is 1. The van der Waals surface area contributed by atoms with Gasteiger partial charge in [0.25, 0.3) is 0 Å². The Hall–Kier alpha value is -1.24. The van der Waals surface area contributed by atoms with Crippen LogP contribution in [0.15, 0.2) is 29.8 Å². The van der Waals surface area contributed by atoms with Crippen molar-refractivity contribution in [2.24, 2.45) is 0 Å². The van der Waals surface area contributed by atoms with E-state index in [0.717, 1.165) is 6.54 Å². The summed E-state index contributed by atoms with van der Waals surface area (Å²) >= 11 is 0. The molecule has 1 aliphatic carbocycles. The standard InChI is InChI=1S/C12H13N/c1-2-4-11-9(3-1)5-6-10-7-8-13-12(10)11/h1-4,13H,5-8H2. The minimum atomic E-state index is 1.14. The van der Waals surface area contributed by atoms with Crippen LogP contribution in [0.25, 0.3) is 5.70 Å². The van der Waals surface area contributed by atoms with Crippen molar-refractivity contribution in [1.82, 2.24) is 5.32 Å². The summed E-state index contributed by atoms with van der Waals surface area (Å²) in [6, 6.07) is 8.76. The molecule has 1 aliphatic heterocycles. The first-order valence-corrected chi connectivity index (χ1v) is 4.99. The van der Waals surface area contributed by atoms with E-state index in [2.05, 4.69) is 29.6 Å². The summed E-state index contributed by atoms with van der Waals surface area (Å²) in [5.41, 5.74) is 6.03. The van der Waals surface area contributed by atoms with Crippen molar-refractivity contribution in [2.75, 3.05) is 6.54 Å². The van der Waals surface area contributed by atoms with Crippen LogP contribution in [0.1, 0.15) is 24.0 Å². The van der Waals surface area contributed by atoms with Crippen LogP contribution in [0.4, 0.5) is 0 Å². The van der Waals surface area contributed by atoms with Crippen molar-refractivity contribution in [3.8, 4) is 0 Å². The molecule has 2 aliphatic rings. The van der Waals surface area contributed by atoms with Crippen LogP contribution in [0.2, 0.25) is 0 Å². The van der Waals surface area contributed by atoms with Gasteiger partial charge in [-0.2, -0.15) is 0 Å². The van der Waals surface area contributed by atoms with Gasteiger partial charge in [0.1, 0.15) is 0 Å². The monoisotopic (exact) mass is 171 g/mol. The van der Waals surface area contributed by atoms with Crippen molar-refractivity contribution in [3.63, 3.8) is 0 Å². The molecule has 66 valence electrons. The average molecular weight is 171 g/mol. The van der Waals surface area contributed by atoms with E-state index in [1.807, 2.05) is 0 Å². The minimum Gasteiger partial charge on any atom is -0.384 e. The normalized spacial score (nSPS) is 19.4. The molecule has 0 saturated carbocycles. The Kier molecular flexibility index (Phi) is 1.45. The minimum absolute atomic E-state index is 1.14. The summed E-state index contributed by atoms with van der Waals surface area (Å²) in [6.07, 6.45) is 3.75. The van der Waals surface area contributed by atoms with Gasteiger partial charge in [0.05, 0.1) is 0 Å². The first-order valence-electron chi connectivity index (χ1n) is 4.99.